The van der Waals surface area contributed by atoms with Gasteiger partial charge in [-0.05, 0) is 57.8 Å². The number of hydrogen-bond donors (Lipinski definition) is 1. The number of halogens is 1. The van der Waals surface area contributed by atoms with E-state index in [-0.39, 0.29) is 11.9 Å². The molecule has 1 aromatic rings. The Morgan fingerprint density at radius 2 is 1.95 bits per heavy atom. The Hall–Kier alpha value is -1.13. The Balaban J connectivity index is 1.60. The molecule has 0 spiro atoms. The first-order valence-electron chi connectivity index (χ1n) is 8.01. The highest BCUT2D eigenvalue weighted by Gasteiger charge is 2.32. The van der Waals surface area contributed by atoms with E-state index in [0.717, 1.165) is 18.9 Å². The van der Waals surface area contributed by atoms with Crippen LogP contribution in [0.3, 0.4) is 0 Å². The second-order valence-corrected chi connectivity index (χ2v) is 6.29. The number of nitrogens with zero attached hydrogens (tertiary/aromatic N) is 1. The van der Waals surface area contributed by atoms with Gasteiger partial charge in [-0.15, -0.1) is 0 Å². The molecule has 1 aliphatic carbocycles. The predicted octanol–water partition coefficient (Wildman–Crippen LogP) is 3.11. The lowest BCUT2D eigenvalue weighted by Crippen LogP contribution is -2.44. The van der Waals surface area contributed by atoms with Gasteiger partial charge in [-0.1, -0.05) is 6.07 Å². The summed E-state index contributed by atoms with van der Waals surface area (Å²) in [6.07, 6.45) is 5.05. The fourth-order valence-corrected chi connectivity index (χ4v) is 3.42. The lowest BCUT2D eigenvalue weighted by Gasteiger charge is -2.34. The van der Waals surface area contributed by atoms with Gasteiger partial charge in [0.2, 0.25) is 0 Å². The SMILES string of the molecule is COc1cccc(F)c1C(C)NC1CCN(C2CC2)CC1. The highest BCUT2D eigenvalue weighted by Crippen LogP contribution is 2.31. The number of hydrogen-bond acceptors (Lipinski definition) is 3. The average Bonchev–Trinajstić information content (AvgIpc) is 3.32. The van der Waals surface area contributed by atoms with Gasteiger partial charge in [0.05, 0.1) is 7.11 Å². The summed E-state index contributed by atoms with van der Waals surface area (Å²) < 4.78 is 19.4. The molecule has 1 N–H and O–H groups in total. The van der Waals surface area contributed by atoms with E-state index in [1.54, 1.807) is 13.2 Å². The quantitative estimate of drug-likeness (QED) is 0.902. The van der Waals surface area contributed by atoms with Crippen LogP contribution in [0.1, 0.15) is 44.2 Å². The maximum absolute atomic E-state index is 14.1. The predicted molar refractivity (Wildman–Crippen MR) is 82.1 cm³/mol. The molecule has 1 atom stereocenters. The zero-order valence-corrected chi connectivity index (χ0v) is 12.9. The molecule has 1 saturated heterocycles. The van der Waals surface area contributed by atoms with Crippen LogP contribution < -0.4 is 10.1 Å². The third-order valence-electron chi connectivity index (χ3n) is 4.74. The van der Waals surface area contributed by atoms with Crippen molar-refractivity contribution in [1.82, 2.24) is 10.2 Å². The van der Waals surface area contributed by atoms with E-state index >= 15 is 0 Å². The molecule has 2 fully saturated rings. The van der Waals surface area contributed by atoms with Crippen molar-refractivity contribution in [3.05, 3.63) is 29.6 Å². The maximum Gasteiger partial charge on any atom is 0.131 e. The summed E-state index contributed by atoms with van der Waals surface area (Å²) in [5.74, 6) is 0.440. The van der Waals surface area contributed by atoms with Crippen molar-refractivity contribution in [3.63, 3.8) is 0 Å². The van der Waals surface area contributed by atoms with Gasteiger partial charge in [-0.25, -0.2) is 4.39 Å². The summed E-state index contributed by atoms with van der Waals surface area (Å²) in [6.45, 7) is 4.36. The molecule has 1 aromatic carbocycles. The third kappa shape index (κ3) is 3.38. The van der Waals surface area contributed by atoms with E-state index in [9.17, 15) is 4.39 Å². The van der Waals surface area contributed by atoms with Crippen LogP contribution in [-0.2, 0) is 0 Å². The van der Waals surface area contributed by atoms with Crippen LogP contribution in [0.5, 0.6) is 5.75 Å². The lowest BCUT2D eigenvalue weighted by atomic mass is 10.0. The van der Waals surface area contributed by atoms with E-state index < -0.39 is 0 Å². The summed E-state index contributed by atoms with van der Waals surface area (Å²) in [6, 6.07) is 6.32. The Bertz CT molecular complexity index is 482. The lowest BCUT2D eigenvalue weighted by molar-refractivity contribution is 0.183. The van der Waals surface area contributed by atoms with Crippen molar-refractivity contribution in [3.8, 4) is 5.75 Å². The molecule has 0 radical (unpaired) electrons. The van der Waals surface area contributed by atoms with Gasteiger partial charge in [0.15, 0.2) is 0 Å². The van der Waals surface area contributed by atoms with Crippen molar-refractivity contribution >= 4 is 0 Å². The van der Waals surface area contributed by atoms with Crippen LogP contribution in [0.15, 0.2) is 18.2 Å². The highest BCUT2D eigenvalue weighted by atomic mass is 19.1. The number of likely N-dealkylation sites (tertiary alicyclic amines) is 1. The minimum atomic E-state index is -0.190. The van der Waals surface area contributed by atoms with Crippen molar-refractivity contribution < 1.29 is 9.13 Å². The van der Waals surface area contributed by atoms with Crippen LogP contribution in [0.4, 0.5) is 4.39 Å². The number of piperidine rings is 1. The molecule has 3 nitrogen and oxygen atoms in total. The molecule has 3 rings (SSSR count). The second-order valence-electron chi connectivity index (χ2n) is 6.29. The molecule has 1 aliphatic heterocycles. The Kier molecular flexibility index (Phi) is 4.45. The second kappa shape index (κ2) is 6.32. The molecule has 2 aliphatic rings. The molecule has 4 heteroatoms. The van der Waals surface area contributed by atoms with Gasteiger partial charge in [0.1, 0.15) is 11.6 Å². The Labute approximate surface area is 126 Å². The minimum absolute atomic E-state index is 0.0291. The van der Waals surface area contributed by atoms with E-state index in [4.69, 9.17) is 4.74 Å². The van der Waals surface area contributed by atoms with Crippen LogP contribution in [0.2, 0.25) is 0 Å². The van der Waals surface area contributed by atoms with E-state index in [1.807, 2.05) is 13.0 Å². The van der Waals surface area contributed by atoms with Crippen LogP contribution >= 0.6 is 0 Å². The van der Waals surface area contributed by atoms with Gasteiger partial charge in [0.25, 0.3) is 0 Å². The van der Waals surface area contributed by atoms with Gasteiger partial charge in [0, 0.05) is 23.7 Å². The molecule has 21 heavy (non-hydrogen) atoms. The third-order valence-corrected chi connectivity index (χ3v) is 4.74. The highest BCUT2D eigenvalue weighted by molar-refractivity contribution is 5.37. The fraction of sp³-hybridized carbons (Fsp3) is 0.647. The fourth-order valence-electron chi connectivity index (χ4n) is 3.42. The van der Waals surface area contributed by atoms with Gasteiger partial charge < -0.3 is 15.0 Å². The standard InChI is InChI=1S/C17H25FN2O/c1-12(17-15(18)4-3-5-16(17)21-2)19-13-8-10-20(11-9-13)14-6-7-14/h3-5,12-14,19H,6-11H2,1-2H3. The number of methoxy groups -OCH3 is 1. The first-order chi connectivity index (χ1) is 10.2. The zero-order valence-electron chi connectivity index (χ0n) is 12.9. The molecule has 1 unspecified atom stereocenters. The number of benzene rings is 1. The molecule has 116 valence electrons. The smallest absolute Gasteiger partial charge is 0.131 e. The monoisotopic (exact) mass is 292 g/mol. The van der Waals surface area contributed by atoms with E-state index in [2.05, 4.69) is 10.2 Å². The summed E-state index contributed by atoms with van der Waals surface area (Å²) in [5.41, 5.74) is 0.643. The number of ether oxygens (including phenoxy) is 1. The van der Waals surface area contributed by atoms with Gasteiger partial charge in [-0.3, -0.25) is 0 Å². The normalized spacial score (nSPS) is 22.2. The van der Waals surface area contributed by atoms with Crippen LogP contribution in [-0.4, -0.2) is 37.2 Å². The molecule has 0 aromatic heterocycles. The first kappa shape index (κ1) is 14.8. The molecule has 1 saturated carbocycles. The number of rotatable bonds is 5. The van der Waals surface area contributed by atoms with E-state index in [0.29, 0.717) is 17.4 Å². The maximum atomic E-state index is 14.1. The van der Waals surface area contributed by atoms with Crippen molar-refractivity contribution in [1.29, 1.82) is 0 Å². The minimum Gasteiger partial charge on any atom is -0.496 e. The van der Waals surface area contributed by atoms with Crippen molar-refractivity contribution in [2.45, 2.75) is 50.7 Å². The summed E-state index contributed by atoms with van der Waals surface area (Å²) in [4.78, 5) is 2.60. The summed E-state index contributed by atoms with van der Waals surface area (Å²) in [7, 11) is 1.60. The largest absolute Gasteiger partial charge is 0.496 e. The Morgan fingerprint density at radius 3 is 2.57 bits per heavy atom. The molecule has 0 bridgehead atoms. The molecule has 1 heterocycles. The van der Waals surface area contributed by atoms with Gasteiger partial charge in [-0.2, -0.15) is 0 Å². The molecular weight excluding hydrogens is 267 g/mol. The van der Waals surface area contributed by atoms with Crippen molar-refractivity contribution in [2.24, 2.45) is 0 Å². The Morgan fingerprint density at radius 1 is 1.24 bits per heavy atom. The summed E-state index contributed by atoms with van der Waals surface area (Å²) >= 11 is 0. The van der Waals surface area contributed by atoms with Crippen LogP contribution in [0.25, 0.3) is 0 Å². The van der Waals surface area contributed by atoms with Crippen LogP contribution in [0, 0.1) is 5.82 Å². The molecule has 0 amide bonds. The van der Waals surface area contributed by atoms with Gasteiger partial charge >= 0.3 is 0 Å². The zero-order chi connectivity index (χ0) is 14.8. The molecular formula is C17H25FN2O. The van der Waals surface area contributed by atoms with Crippen molar-refractivity contribution in [2.75, 3.05) is 20.2 Å². The number of nitrogens with one attached hydrogen (secondary N) is 1. The summed E-state index contributed by atoms with van der Waals surface area (Å²) in [5, 5.41) is 3.58. The average molecular weight is 292 g/mol. The van der Waals surface area contributed by atoms with E-state index in [1.165, 1.54) is 32.0 Å². The first-order valence-corrected chi connectivity index (χ1v) is 8.01. The topological polar surface area (TPSA) is 24.5 Å².